The van der Waals surface area contributed by atoms with Crippen molar-refractivity contribution in [2.45, 2.75) is 0 Å². The average molecular weight is 353 g/mol. The Hall–Kier alpha value is -1.21. The number of hydrogen-bond acceptors (Lipinski definition) is 4. The highest BCUT2D eigenvalue weighted by Gasteiger charge is 2.02. The van der Waals surface area contributed by atoms with Gasteiger partial charge in [-0.3, -0.25) is 0 Å². The number of benzene rings is 1. The van der Waals surface area contributed by atoms with Gasteiger partial charge in [-0.15, -0.1) is 11.3 Å². The van der Waals surface area contributed by atoms with Gasteiger partial charge in [0.05, 0.1) is 3.57 Å². The van der Waals surface area contributed by atoms with Crippen LogP contribution >= 0.6 is 33.9 Å². The fourth-order valence-electron chi connectivity index (χ4n) is 1.59. The van der Waals surface area contributed by atoms with E-state index in [0.29, 0.717) is 0 Å². The molecule has 0 aliphatic rings. The lowest BCUT2D eigenvalue weighted by Gasteiger charge is -2.06. The minimum atomic E-state index is 0.843. The van der Waals surface area contributed by atoms with Crippen LogP contribution in [0.1, 0.15) is 0 Å². The number of rotatable bonds is 2. The summed E-state index contributed by atoms with van der Waals surface area (Å²) in [4.78, 5) is 8.19. The van der Waals surface area contributed by atoms with Crippen LogP contribution < -0.4 is 5.32 Å². The standard InChI is InChI=1S/C12H8IN3S/c13-10-6-14-7-15-12(10)16-9-1-2-11-8(5-9)3-4-17-11/h1-7H,(H,14,15,16). The van der Waals surface area contributed by atoms with E-state index in [9.17, 15) is 0 Å². The molecule has 0 unspecified atom stereocenters. The van der Waals surface area contributed by atoms with E-state index in [-0.39, 0.29) is 0 Å². The summed E-state index contributed by atoms with van der Waals surface area (Å²) in [6, 6.07) is 8.44. The predicted octanol–water partition coefficient (Wildman–Crippen LogP) is 4.04. The molecular formula is C12H8IN3S. The van der Waals surface area contributed by atoms with Gasteiger partial charge in [0.2, 0.25) is 0 Å². The van der Waals surface area contributed by atoms with E-state index in [0.717, 1.165) is 15.1 Å². The van der Waals surface area contributed by atoms with Gasteiger partial charge in [0, 0.05) is 16.6 Å². The van der Waals surface area contributed by atoms with E-state index in [2.05, 4.69) is 67.5 Å². The molecule has 1 aromatic carbocycles. The summed E-state index contributed by atoms with van der Waals surface area (Å²) in [7, 11) is 0. The highest BCUT2D eigenvalue weighted by molar-refractivity contribution is 14.1. The lowest BCUT2D eigenvalue weighted by Crippen LogP contribution is -1.96. The molecule has 0 bridgehead atoms. The SMILES string of the molecule is Ic1cncnc1Nc1ccc2sccc2c1. The van der Waals surface area contributed by atoms with Gasteiger partial charge in [-0.1, -0.05) is 0 Å². The summed E-state index contributed by atoms with van der Waals surface area (Å²) in [5, 5.41) is 6.65. The van der Waals surface area contributed by atoms with E-state index >= 15 is 0 Å². The van der Waals surface area contributed by atoms with Crippen molar-refractivity contribution in [3.8, 4) is 0 Å². The Bertz CT molecular complexity index is 665. The fraction of sp³-hybridized carbons (Fsp3) is 0. The van der Waals surface area contributed by atoms with E-state index in [1.807, 2.05) is 0 Å². The van der Waals surface area contributed by atoms with Crippen molar-refractivity contribution in [1.29, 1.82) is 0 Å². The Morgan fingerprint density at radius 2 is 2.18 bits per heavy atom. The summed E-state index contributed by atoms with van der Waals surface area (Å²) < 4.78 is 2.31. The molecule has 0 aliphatic heterocycles. The van der Waals surface area contributed by atoms with Gasteiger partial charge in [0.1, 0.15) is 12.1 Å². The van der Waals surface area contributed by atoms with Crippen molar-refractivity contribution in [2.24, 2.45) is 0 Å². The van der Waals surface area contributed by atoms with Gasteiger partial charge in [-0.05, 0) is 57.6 Å². The number of aromatic nitrogens is 2. The van der Waals surface area contributed by atoms with Gasteiger partial charge < -0.3 is 5.32 Å². The lowest BCUT2D eigenvalue weighted by molar-refractivity contribution is 1.15. The molecule has 3 aromatic rings. The highest BCUT2D eigenvalue weighted by Crippen LogP contribution is 2.26. The molecular weight excluding hydrogens is 345 g/mol. The third-order valence-electron chi connectivity index (χ3n) is 2.38. The van der Waals surface area contributed by atoms with Gasteiger partial charge in [0.15, 0.2) is 0 Å². The molecule has 17 heavy (non-hydrogen) atoms. The summed E-state index contributed by atoms with van der Waals surface area (Å²) in [5.74, 6) is 0.843. The van der Waals surface area contributed by atoms with Gasteiger partial charge in [0.25, 0.3) is 0 Å². The maximum absolute atomic E-state index is 4.21. The van der Waals surface area contributed by atoms with Crippen molar-refractivity contribution < 1.29 is 0 Å². The van der Waals surface area contributed by atoms with Crippen molar-refractivity contribution in [3.63, 3.8) is 0 Å². The summed E-state index contributed by atoms with van der Waals surface area (Å²) in [6.45, 7) is 0. The zero-order valence-electron chi connectivity index (χ0n) is 8.72. The smallest absolute Gasteiger partial charge is 0.147 e. The van der Waals surface area contributed by atoms with E-state index in [1.165, 1.54) is 10.1 Å². The highest BCUT2D eigenvalue weighted by atomic mass is 127. The molecule has 0 atom stereocenters. The molecule has 0 saturated heterocycles. The minimum Gasteiger partial charge on any atom is -0.339 e. The normalized spacial score (nSPS) is 10.6. The third kappa shape index (κ3) is 2.25. The molecule has 3 rings (SSSR count). The largest absolute Gasteiger partial charge is 0.339 e. The molecule has 0 amide bonds. The number of hydrogen-bond donors (Lipinski definition) is 1. The van der Waals surface area contributed by atoms with Crippen molar-refractivity contribution in [2.75, 3.05) is 5.32 Å². The fourth-order valence-corrected chi connectivity index (χ4v) is 2.79. The average Bonchev–Trinajstić information content (AvgIpc) is 2.79. The molecule has 0 aliphatic carbocycles. The van der Waals surface area contributed by atoms with Crippen LogP contribution in [-0.2, 0) is 0 Å². The van der Waals surface area contributed by atoms with Crippen molar-refractivity contribution in [3.05, 3.63) is 45.7 Å². The van der Waals surface area contributed by atoms with Crippen LogP contribution in [0.15, 0.2) is 42.2 Å². The lowest BCUT2D eigenvalue weighted by atomic mass is 10.2. The van der Waals surface area contributed by atoms with Gasteiger partial charge in [-0.2, -0.15) is 0 Å². The Labute approximate surface area is 116 Å². The number of nitrogens with zero attached hydrogens (tertiary/aromatic N) is 2. The second kappa shape index (κ2) is 4.58. The maximum Gasteiger partial charge on any atom is 0.147 e. The van der Waals surface area contributed by atoms with Crippen molar-refractivity contribution >= 4 is 55.5 Å². The Kier molecular flexibility index (Phi) is 2.94. The summed E-state index contributed by atoms with van der Waals surface area (Å²) >= 11 is 3.97. The number of thiophene rings is 1. The second-order valence-electron chi connectivity index (χ2n) is 3.52. The molecule has 84 valence electrons. The monoisotopic (exact) mass is 353 g/mol. The Morgan fingerprint density at radius 3 is 3.06 bits per heavy atom. The van der Waals surface area contributed by atoms with Gasteiger partial charge >= 0.3 is 0 Å². The summed E-state index contributed by atoms with van der Waals surface area (Å²) in [6.07, 6.45) is 3.34. The Morgan fingerprint density at radius 1 is 1.24 bits per heavy atom. The van der Waals surface area contributed by atoms with E-state index in [4.69, 9.17) is 0 Å². The van der Waals surface area contributed by atoms with Crippen LogP contribution in [0.4, 0.5) is 11.5 Å². The first-order valence-corrected chi connectivity index (χ1v) is 6.98. The molecule has 3 nitrogen and oxygen atoms in total. The molecule has 2 heterocycles. The Balaban J connectivity index is 1.97. The van der Waals surface area contributed by atoms with Crippen LogP contribution in [0.25, 0.3) is 10.1 Å². The number of anilines is 2. The van der Waals surface area contributed by atoms with Crippen LogP contribution in [0, 0.1) is 3.57 Å². The zero-order valence-corrected chi connectivity index (χ0v) is 11.7. The molecule has 0 radical (unpaired) electrons. The van der Waals surface area contributed by atoms with E-state index < -0.39 is 0 Å². The predicted molar refractivity (Wildman–Crippen MR) is 79.9 cm³/mol. The first kappa shape index (κ1) is 10.9. The van der Waals surface area contributed by atoms with Crippen LogP contribution in [-0.4, -0.2) is 9.97 Å². The molecule has 0 fully saturated rings. The number of halogens is 1. The van der Waals surface area contributed by atoms with Gasteiger partial charge in [-0.25, -0.2) is 9.97 Å². The molecule has 2 aromatic heterocycles. The minimum absolute atomic E-state index is 0.843. The van der Waals surface area contributed by atoms with Crippen LogP contribution in [0.2, 0.25) is 0 Å². The molecule has 0 saturated carbocycles. The topological polar surface area (TPSA) is 37.8 Å². The molecule has 5 heteroatoms. The third-order valence-corrected chi connectivity index (χ3v) is 4.07. The van der Waals surface area contributed by atoms with Crippen molar-refractivity contribution in [1.82, 2.24) is 9.97 Å². The molecule has 1 N–H and O–H groups in total. The maximum atomic E-state index is 4.21. The number of nitrogens with one attached hydrogen (secondary N) is 1. The first-order valence-electron chi connectivity index (χ1n) is 5.03. The van der Waals surface area contributed by atoms with Crippen LogP contribution in [0.5, 0.6) is 0 Å². The van der Waals surface area contributed by atoms with Crippen LogP contribution in [0.3, 0.4) is 0 Å². The number of fused-ring (bicyclic) bond motifs is 1. The van der Waals surface area contributed by atoms with E-state index in [1.54, 1.807) is 23.9 Å². The zero-order chi connectivity index (χ0) is 11.7. The first-order chi connectivity index (χ1) is 8.33. The molecule has 0 spiro atoms. The quantitative estimate of drug-likeness (QED) is 0.707. The summed E-state index contributed by atoms with van der Waals surface area (Å²) in [5.41, 5.74) is 1.05. The second-order valence-corrected chi connectivity index (χ2v) is 5.63.